The minimum absolute atomic E-state index is 0.0423. The van der Waals surface area contributed by atoms with Crippen molar-refractivity contribution < 1.29 is 22.7 Å². The van der Waals surface area contributed by atoms with Crippen molar-refractivity contribution in [3.8, 4) is 0 Å². The van der Waals surface area contributed by atoms with E-state index in [-0.39, 0.29) is 26.1 Å². The molecule has 1 aliphatic rings. The lowest BCUT2D eigenvalue weighted by atomic mass is 9.78. The summed E-state index contributed by atoms with van der Waals surface area (Å²) in [7, 11) is 1.49. The minimum atomic E-state index is -4.31. The van der Waals surface area contributed by atoms with Gasteiger partial charge in [0.1, 0.15) is 0 Å². The maximum atomic E-state index is 13.0. The van der Waals surface area contributed by atoms with Gasteiger partial charge < -0.3 is 15.4 Å². The normalized spacial score (nSPS) is 23.6. The standard InChI is InChI=1S/C13H23F3N2O2/c1-20-9-8-18(7-6-17)12(19)10-4-2-3-5-11(10)13(14,15)16/h10-11H,2-9,17H2,1H3. The van der Waals surface area contributed by atoms with Crippen molar-refractivity contribution in [1.82, 2.24) is 4.90 Å². The summed E-state index contributed by atoms with van der Waals surface area (Å²) in [5.74, 6) is -2.92. The Morgan fingerprint density at radius 2 is 1.95 bits per heavy atom. The molecule has 0 aromatic carbocycles. The van der Waals surface area contributed by atoms with Gasteiger partial charge in [0, 0.05) is 32.7 Å². The van der Waals surface area contributed by atoms with E-state index < -0.39 is 23.9 Å². The van der Waals surface area contributed by atoms with E-state index in [4.69, 9.17) is 10.5 Å². The van der Waals surface area contributed by atoms with Crippen LogP contribution in [0.1, 0.15) is 25.7 Å². The zero-order chi connectivity index (χ0) is 15.2. The molecule has 0 heterocycles. The fraction of sp³-hybridized carbons (Fsp3) is 0.923. The summed E-state index contributed by atoms with van der Waals surface area (Å²) >= 11 is 0. The first-order valence-corrected chi connectivity index (χ1v) is 6.96. The summed E-state index contributed by atoms with van der Waals surface area (Å²) in [5.41, 5.74) is 5.43. The number of halogens is 3. The first-order valence-electron chi connectivity index (χ1n) is 6.96. The molecular formula is C13H23F3N2O2. The molecule has 0 radical (unpaired) electrons. The Kier molecular flexibility index (Phi) is 6.75. The van der Waals surface area contributed by atoms with E-state index in [9.17, 15) is 18.0 Å². The molecule has 0 saturated heterocycles. The number of methoxy groups -OCH3 is 1. The van der Waals surface area contributed by atoms with Crippen molar-refractivity contribution in [3.05, 3.63) is 0 Å². The number of nitrogens with zero attached hydrogens (tertiary/aromatic N) is 1. The summed E-state index contributed by atoms with van der Waals surface area (Å²) < 4.78 is 44.0. The van der Waals surface area contributed by atoms with Crippen LogP contribution >= 0.6 is 0 Å². The van der Waals surface area contributed by atoms with Gasteiger partial charge in [0.2, 0.25) is 5.91 Å². The second-order valence-electron chi connectivity index (χ2n) is 5.15. The molecule has 7 heteroatoms. The molecule has 4 nitrogen and oxygen atoms in total. The molecular weight excluding hydrogens is 273 g/mol. The van der Waals surface area contributed by atoms with Crippen LogP contribution in [-0.4, -0.2) is 50.3 Å². The third-order valence-corrected chi connectivity index (χ3v) is 3.78. The van der Waals surface area contributed by atoms with Gasteiger partial charge in [-0.05, 0) is 12.8 Å². The smallest absolute Gasteiger partial charge is 0.383 e. The van der Waals surface area contributed by atoms with Crippen molar-refractivity contribution in [1.29, 1.82) is 0 Å². The molecule has 0 aliphatic heterocycles. The van der Waals surface area contributed by atoms with Crippen molar-refractivity contribution in [3.63, 3.8) is 0 Å². The van der Waals surface area contributed by atoms with Crippen LogP contribution in [0.3, 0.4) is 0 Å². The van der Waals surface area contributed by atoms with E-state index >= 15 is 0 Å². The molecule has 0 bridgehead atoms. The first-order chi connectivity index (χ1) is 9.41. The highest BCUT2D eigenvalue weighted by Crippen LogP contribution is 2.42. The Morgan fingerprint density at radius 1 is 1.30 bits per heavy atom. The highest BCUT2D eigenvalue weighted by atomic mass is 19.4. The van der Waals surface area contributed by atoms with Crippen molar-refractivity contribution in [2.75, 3.05) is 33.4 Å². The van der Waals surface area contributed by atoms with Crippen LogP contribution in [0.15, 0.2) is 0 Å². The van der Waals surface area contributed by atoms with E-state index in [1.165, 1.54) is 12.0 Å². The van der Waals surface area contributed by atoms with Gasteiger partial charge in [-0.25, -0.2) is 0 Å². The number of ether oxygens (including phenoxy) is 1. The van der Waals surface area contributed by atoms with Gasteiger partial charge in [0.15, 0.2) is 0 Å². The predicted octanol–water partition coefficient (Wildman–Crippen LogP) is 1.79. The molecule has 0 spiro atoms. The SMILES string of the molecule is COCCN(CCN)C(=O)C1CCCCC1C(F)(F)F. The Morgan fingerprint density at radius 3 is 2.50 bits per heavy atom. The molecule has 0 aromatic rings. The van der Waals surface area contributed by atoms with Gasteiger partial charge in [0.05, 0.1) is 12.5 Å². The molecule has 1 saturated carbocycles. The molecule has 1 fully saturated rings. The van der Waals surface area contributed by atoms with Crippen LogP contribution in [0, 0.1) is 11.8 Å². The molecule has 2 atom stereocenters. The maximum Gasteiger partial charge on any atom is 0.392 e. The molecule has 1 amide bonds. The zero-order valence-electron chi connectivity index (χ0n) is 11.8. The summed E-state index contributed by atoms with van der Waals surface area (Å²) in [6.45, 7) is 1.09. The van der Waals surface area contributed by atoms with E-state index in [0.29, 0.717) is 25.9 Å². The van der Waals surface area contributed by atoms with Gasteiger partial charge in [-0.1, -0.05) is 12.8 Å². The molecule has 1 aliphatic carbocycles. The number of rotatable bonds is 6. The Balaban J connectivity index is 2.78. The monoisotopic (exact) mass is 296 g/mol. The van der Waals surface area contributed by atoms with Crippen LogP contribution in [0.2, 0.25) is 0 Å². The number of alkyl halides is 3. The minimum Gasteiger partial charge on any atom is -0.383 e. The van der Waals surface area contributed by atoms with Gasteiger partial charge >= 0.3 is 6.18 Å². The Hall–Kier alpha value is -0.820. The second-order valence-corrected chi connectivity index (χ2v) is 5.15. The average molecular weight is 296 g/mol. The van der Waals surface area contributed by atoms with Crippen LogP contribution in [0.5, 0.6) is 0 Å². The van der Waals surface area contributed by atoms with Crippen LogP contribution in [-0.2, 0) is 9.53 Å². The molecule has 0 aromatic heterocycles. The Labute approximate surface area is 117 Å². The fourth-order valence-corrected chi connectivity index (χ4v) is 2.74. The van der Waals surface area contributed by atoms with Crippen LogP contribution in [0.25, 0.3) is 0 Å². The van der Waals surface area contributed by atoms with E-state index in [0.717, 1.165) is 0 Å². The van der Waals surface area contributed by atoms with Gasteiger partial charge in [0.25, 0.3) is 0 Å². The van der Waals surface area contributed by atoms with Gasteiger partial charge in [-0.15, -0.1) is 0 Å². The third kappa shape index (κ3) is 4.63. The van der Waals surface area contributed by atoms with Gasteiger partial charge in [-0.3, -0.25) is 4.79 Å². The van der Waals surface area contributed by atoms with E-state index in [1.807, 2.05) is 0 Å². The largest absolute Gasteiger partial charge is 0.392 e. The molecule has 2 unspecified atom stereocenters. The third-order valence-electron chi connectivity index (χ3n) is 3.78. The lowest BCUT2D eigenvalue weighted by Gasteiger charge is -2.35. The van der Waals surface area contributed by atoms with Crippen LogP contribution < -0.4 is 5.73 Å². The molecule has 20 heavy (non-hydrogen) atoms. The number of carbonyl (C=O) groups excluding carboxylic acids is 1. The number of hydrogen-bond donors (Lipinski definition) is 1. The summed E-state index contributed by atoms with van der Waals surface area (Å²) in [6.07, 6.45) is -2.76. The number of nitrogens with two attached hydrogens (primary N) is 1. The number of amides is 1. The molecule has 2 N–H and O–H groups in total. The maximum absolute atomic E-state index is 13.0. The number of hydrogen-bond acceptors (Lipinski definition) is 3. The quantitative estimate of drug-likeness (QED) is 0.813. The van der Waals surface area contributed by atoms with E-state index in [1.54, 1.807) is 0 Å². The zero-order valence-corrected chi connectivity index (χ0v) is 11.8. The predicted molar refractivity (Wildman–Crippen MR) is 69.0 cm³/mol. The van der Waals surface area contributed by atoms with Crippen molar-refractivity contribution in [2.45, 2.75) is 31.9 Å². The summed E-state index contributed by atoms with van der Waals surface area (Å²) in [6, 6.07) is 0. The fourth-order valence-electron chi connectivity index (χ4n) is 2.74. The number of carbonyl (C=O) groups is 1. The first kappa shape index (κ1) is 17.2. The summed E-state index contributed by atoms with van der Waals surface area (Å²) in [4.78, 5) is 13.8. The highest BCUT2D eigenvalue weighted by molar-refractivity contribution is 5.79. The Bertz CT molecular complexity index is 310. The lowest BCUT2D eigenvalue weighted by Crippen LogP contribution is -2.47. The van der Waals surface area contributed by atoms with Crippen molar-refractivity contribution >= 4 is 5.91 Å². The van der Waals surface area contributed by atoms with Crippen molar-refractivity contribution in [2.24, 2.45) is 17.6 Å². The van der Waals surface area contributed by atoms with Crippen LogP contribution in [0.4, 0.5) is 13.2 Å². The van der Waals surface area contributed by atoms with E-state index in [2.05, 4.69) is 0 Å². The molecule has 118 valence electrons. The lowest BCUT2D eigenvalue weighted by molar-refractivity contribution is -0.201. The van der Waals surface area contributed by atoms with Gasteiger partial charge in [-0.2, -0.15) is 13.2 Å². The highest BCUT2D eigenvalue weighted by Gasteiger charge is 2.48. The molecule has 1 rings (SSSR count). The average Bonchev–Trinajstić information content (AvgIpc) is 2.42. The summed E-state index contributed by atoms with van der Waals surface area (Å²) in [5, 5.41) is 0. The topological polar surface area (TPSA) is 55.6 Å². The second kappa shape index (κ2) is 7.83.